The molecule has 7 heteroatoms. The third-order valence-electron chi connectivity index (χ3n) is 2.30. The fraction of sp³-hybridized carbons (Fsp3) is 0.273. The topological polar surface area (TPSA) is 63.4 Å². The van der Waals surface area contributed by atoms with Gasteiger partial charge in [0.2, 0.25) is 0 Å². The Kier molecular flexibility index (Phi) is 4.07. The lowest BCUT2D eigenvalue weighted by molar-refractivity contribution is -0.384. The van der Waals surface area contributed by atoms with E-state index in [-0.39, 0.29) is 11.3 Å². The monoisotopic (exact) mass is 261 g/mol. The number of nitro groups is 1. The Bertz CT molecular complexity index is 465. The number of halogens is 3. The SMILES string of the molecule is C/C(=C\C(O)c1ccc([N+](=O)[O-])cc1)C(F)(F)F. The summed E-state index contributed by atoms with van der Waals surface area (Å²) in [4.78, 5) is 9.74. The van der Waals surface area contributed by atoms with Gasteiger partial charge in [-0.15, -0.1) is 0 Å². The fourth-order valence-electron chi connectivity index (χ4n) is 1.22. The third kappa shape index (κ3) is 3.56. The number of aliphatic hydroxyl groups is 1. The Morgan fingerprint density at radius 1 is 1.39 bits per heavy atom. The Morgan fingerprint density at radius 3 is 2.28 bits per heavy atom. The first-order chi connectivity index (χ1) is 8.21. The maximum Gasteiger partial charge on any atom is 0.412 e. The molecule has 0 fully saturated rings. The van der Waals surface area contributed by atoms with Crippen LogP contribution in [0.25, 0.3) is 0 Å². The second-order valence-electron chi connectivity index (χ2n) is 3.64. The molecule has 0 spiro atoms. The van der Waals surface area contributed by atoms with Crippen molar-refractivity contribution in [3.63, 3.8) is 0 Å². The van der Waals surface area contributed by atoms with Crippen molar-refractivity contribution in [1.82, 2.24) is 0 Å². The maximum absolute atomic E-state index is 12.2. The summed E-state index contributed by atoms with van der Waals surface area (Å²) in [5, 5.41) is 19.9. The van der Waals surface area contributed by atoms with Gasteiger partial charge in [-0.1, -0.05) is 0 Å². The largest absolute Gasteiger partial charge is 0.412 e. The average Bonchev–Trinajstić information content (AvgIpc) is 2.27. The summed E-state index contributed by atoms with van der Waals surface area (Å²) in [5.74, 6) is 0. The quantitative estimate of drug-likeness (QED) is 0.516. The van der Waals surface area contributed by atoms with Gasteiger partial charge in [0.05, 0.1) is 11.0 Å². The van der Waals surface area contributed by atoms with Crippen molar-refractivity contribution in [2.24, 2.45) is 0 Å². The van der Waals surface area contributed by atoms with Gasteiger partial charge in [-0.25, -0.2) is 0 Å². The van der Waals surface area contributed by atoms with E-state index in [9.17, 15) is 28.4 Å². The van der Waals surface area contributed by atoms with Gasteiger partial charge in [0.1, 0.15) is 0 Å². The van der Waals surface area contributed by atoms with Crippen molar-refractivity contribution in [3.8, 4) is 0 Å². The van der Waals surface area contributed by atoms with E-state index in [2.05, 4.69) is 0 Å². The normalized spacial score (nSPS) is 14.4. The maximum atomic E-state index is 12.2. The third-order valence-corrected chi connectivity index (χ3v) is 2.30. The number of nitrogens with zero attached hydrogens (tertiary/aromatic N) is 1. The summed E-state index contributed by atoms with van der Waals surface area (Å²) in [7, 11) is 0. The zero-order chi connectivity index (χ0) is 13.9. The van der Waals surface area contributed by atoms with Crippen LogP contribution in [-0.2, 0) is 0 Å². The van der Waals surface area contributed by atoms with Crippen LogP contribution >= 0.6 is 0 Å². The van der Waals surface area contributed by atoms with E-state index in [1.165, 1.54) is 12.1 Å². The standard InChI is InChI=1S/C11H10F3NO3/c1-7(11(12,13)14)6-10(16)8-2-4-9(5-3-8)15(17)18/h2-6,10,16H,1H3/b7-6+. The van der Waals surface area contributed by atoms with Crippen LogP contribution in [0.3, 0.4) is 0 Å². The van der Waals surface area contributed by atoms with E-state index in [1.807, 2.05) is 0 Å². The van der Waals surface area contributed by atoms with Crippen LogP contribution in [0.5, 0.6) is 0 Å². The van der Waals surface area contributed by atoms with Crippen LogP contribution in [-0.4, -0.2) is 16.2 Å². The highest BCUT2D eigenvalue weighted by Gasteiger charge is 2.30. The van der Waals surface area contributed by atoms with Crippen molar-refractivity contribution in [3.05, 3.63) is 51.6 Å². The first-order valence-electron chi connectivity index (χ1n) is 4.90. The molecule has 1 rings (SSSR count). The molecule has 1 atom stereocenters. The molecule has 1 aromatic rings. The number of rotatable bonds is 3. The number of allylic oxidation sites excluding steroid dienone is 1. The molecular weight excluding hydrogens is 251 g/mol. The predicted molar refractivity (Wildman–Crippen MR) is 57.9 cm³/mol. The molecule has 0 saturated carbocycles. The Labute approximate surface area is 101 Å². The van der Waals surface area contributed by atoms with E-state index in [0.717, 1.165) is 19.1 Å². The molecule has 4 nitrogen and oxygen atoms in total. The molecule has 1 N–H and O–H groups in total. The summed E-state index contributed by atoms with van der Waals surface area (Å²) in [6, 6.07) is 4.66. The number of nitro benzene ring substituents is 1. The second-order valence-corrected chi connectivity index (χ2v) is 3.64. The first-order valence-corrected chi connectivity index (χ1v) is 4.90. The molecule has 0 radical (unpaired) electrons. The number of non-ortho nitro benzene ring substituents is 1. The molecule has 0 aliphatic carbocycles. The number of alkyl halides is 3. The zero-order valence-corrected chi connectivity index (χ0v) is 9.31. The molecule has 1 unspecified atom stereocenters. The summed E-state index contributed by atoms with van der Waals surface area (Å²) in [5.41, 5.74) is -0.958. The van der Waals surface area contributed by atoms with Crippen molar-refractivity contribution < 1.29 is 23.2 Å². The first kappa shape index (κ1) is 14.2. The van der Waals surface area contributed by atoms with Crippen LogP contribution in [0.1, 0.15) is 18.6 Å². The Hall–Kier alpha value is -1.89. The van der Waals surface area contributed by atoms with Gasteiger partial charge in [-0.2, -0.15) is 13.2 Å². The smallest absolute Gasteiger partial charge is 0.384 e. The summed E-state index contributed by atoms with van der Waals surface area (Å²) < 4.78 is 36.7. The second kappa shape index (κ2) is 5.18. The molecule has 1 aromatic carbocycles. The van der Waals surface area contributed by atoms with E-state index in [4.69, 9.17) is 0 Å². The lowest BCUT2D eigenvalue weighted by atomic mass is 10.1. The molecule has 0 aromatic heterocycles. The molecule has 0 aliphatic heterocycles. The van der Waals surface area contributed by atoms with Crippen LogP contribution in [0, 0.1) is 10.1 Å². The number of aliphatic hydroxyl groups excluding tert-OH is 1. The number of hydrogen-bond acceptors (Lipinski definition) is 3. The van der Waals surface area contributed by atoms with Crippen LogP contribution in [0.4, 0.5) is 18.9 Å². The van der Waals surface area contributed by atoms with Crippen LogP contribution in [0.15, 0.2) is 35.9 Å². The van der Waals surface area contributed by atoms with Gasteiger partial charge in [-0.3, -0.25) is 10.1 Å². The van der Waals surface area contributed by atoms with Crippen molar-refractivity contribution in [2.45, 2.75) is 19.2 Å². The van der Waals surface area contributed by atoms with Crippen LogP contribution in [0.2, 0.25) is 0 Å². The molecule has 0 bridgehead atoms. The molecule has 0 heterocycles. The van der Waals surface area contributed by atoms with Gasteiger partial charge in [0.25, 0.3) is 5.69 Å². The summed E-state index contributed by atoms with van der Waals surface area (Å²) >= 11 is 0. The van der Waals surface area contributed by atoms with Crippen molar-refractivity contribution >= 4 is 5.69 Å². The number of benzene rings is 1. The van der Waals surface area contributed by atoms with Gasteiger partial charge >= 0.3 is 6.18 Å². The Morgan fingerprint density at radius 2 is 1.89 bits per heavy atom. The van der Waals surface area contributed by atoms with Gasteiger partial charge in [-0.05, 0) is 30.7 Å². The fourth-order valence-corrected chi connectivity index (χ4v) is 1.22. The van der Waals surface area contributed by atoms with Crippen molar-refractivity contribution in [1.29, 1.82) is 0 Å². The van der Waals surface area contributed by atoms with Gasteiger partial charge in [0, 0.05) is 17.7 Å². The zero-order valence-electron chi connectivity index (χ0n) is 9.31. The molecule has 98 valence electrons. The van der Waals surface area contributed by atoms with Crippen molar-refractivity contribution in [2.75, 3.05) is 0 Å². The minimum absolute atomic E-state index is 0.157. The minimum Gasteiger partial charge on any atom is -0.384 e. The van der Waals surface area contributed by atoms with E-state index in [1.54, 1.807) is 0 Å². The predicted octanol–water partition coefficient (Wildman–Crippen LogP) is 3.14. The van der Waals surface area contributed by atoms with Gasteiger partial charge in [0.15, 0.2) is 0 Å². The Balaban J connectivity index is 2.92. The average molecular weight is 261 g/mol. The molecule has 0 amide bonds. The summed E-state index contributed by atoms with van der Waals surface area (Å²) in [6.45, 7) is 0.842. The van der Waals surface area contributed by atoms with E-state index < -0.39 is 22.8 Å². The molecule has 18 heavy (non-hydrogen) atoms. The molecular formula is C11H10F3NO3. The highest BCUT2D eigenvalue weighted by Crippen LogP contribution is 2.28. The lowest BCUT2D eigenvalue weighted by Crippen LogP contribution is -2.10. The van der Waals surface area contributed by atoms with E-state index >= 15 is 0 Å². The highest BCUT2D eigenvalue weighted by atomic mass is 19.4. The highest BCUT2D eigenvalue weighted by molar-refractivity contribution is 5.35. The summed E-state index contributed by atoms with van der Waals surface area (Å²) in [6.07, 6.45) is -5.30. The van der Waals surface area contributed by atoms with Crippen LogP contribution < -0.4 is 0 Å². The minimum atomic E-state index is -4.50. The molecule has 0 saturated heterocycles. The van der Waals surface area contributed by atoms with Gasteiger partial charge < -0.3 is 5.11 Å². The molecule has 0 aliphatic rings. The van der Waals surface area contributed by atoms with E-state index in [0.29, 0.717) is 6.08 Å². The number of hydrogen-bond donors (Lipinski definition) is 1. The lowest BCUT2D eigenvalue weighted by Gasteiger charge is -2.10.